The van der Waals surface area contributed by atoms with Gasteiger partial charge >= 0.3 is 0 Å². The lowest BCUT2D eigenvalue weighted by atomic mass is 10.2. The predicted octanol–water partition coefficient (Wildman–Crippen LogP) is 4.54. The Morgan fingerprint density at radius 3 is 2.92 bits per heavy atom. The molecule has 3 rings (SSSR count). The lowest BCUT2D eigenvalue weighted by Crippen LogP contribution is -1.98. The number of para-hydroxylation sites is 1. The van der Waals surface area contributed by atoms with Crippen LogP contribution in [0.1, 0.15) is 12.5 Å². The number of nitrogens with zero attached hydrogens (tertiary/aromatic N) is 3. The Hall–Kier alpha value is -2.44. The van der Waals surface area contributed by atoms with E-state index in [2.05, 4.69) is 15.3 Å². The quantitative estimate of drug-likeness (QED) is 0.538. The second-order valence-corrected chi connectivity index (χ2v) is 5.71. The van der Waals surface area contributed by atoms with Crippen LogP contribution < -0.4 is 4.74 Å². The van der Waals surface area contributed by atoms with E-state index in [9.17, 15) is 0 Å². The highest BCUT2D eigenvalue weighted by Gasteiger charge is 2.08. The number of benzene rings is 2. The molecule has 2 aromatic carbocycles. The van der Waals surface area contributed by atoms with Gasteiger partial charge in [0.15, 0.2) is 5.82 Å². The molecule has 1 N–H and O–H groups in total. The third-order valence-electron chi connectivity index (χ3n) is 3.26. The molecule has 122 valence electrons. The first-order chi connectivity index (χ1) is 11.7. The van der Waals surface area contributed by atoms with Gasteiger partial charge in [-0.1, -0.05) is 35.9 Å². The van der Waals surface area contributed by atoms with Gasteiger partial charge in [0, 0.05) is 16.1 Å². The van der Waals surface area contributed by atoms with Crippen molar-refractivity contribution >= 4 is 30.0 Å². The van der Waals surface area contributed by atoms with E-state index in [0.717, 1.165) is 16.9 Å². The topological polar surface area (TPSA) is 55.2 Å². The van der Waals surface area contributed by atoms with Gasteiger partial charge in [0.2, 0.25) is 4.77 Å². The molecule has 0 spiro atoms. The van der Waals surface area contributed by atoms with E-state index >= 15 is 0 Å². The molecule has 0 radical (unpaired) electrons. The highest BCUT2D eigenvalue weighted by atomic mass is 35.5. The number of nitrogens with one attached hydrogen (secondary N) is 1. The fourth-order valence-electron chi connectivity index (χ4n) is 2.21. The molecule has 0 fully saturated rings. The van der Waals surface area contributed by atoms with Crippen LogP contribution in [0.4, 0.5) is 0 Å². The largest absolute Gasteiger partial charge is 0.493 e. The molecule has 1 aromatic heterocycles. The average Bonchev–Trinajstić information content (AvgIpc) is 2.95. The molecule has 0 bridgehead atoms. The number of H-pyrrole nitrogens is 1. The number of aromatic nitrogens is 3. The van der Waals surface area contributed by atoms with Gasteiger partial charge < -0.3 is 4.74 Å². The first kappa shape index (κ1) is 16.4. The highest BCUT2D eigenvalue weighted by Crippen LogP contribution is 2.21. The molecular weight excluding hydrogens is 344 g/mol. The van der Waals surface area contributed by atoms with E-state index in [4.69, 9.17) is 28.6 Å². The summed E-state index contributed by atoms with van der Waals surface area (Å²) in [5.74, 6) is 1.36. The zero-order valence-electron chi connectivity index (χ0n) is 12.9. The van der Waals surface area contributed by atoms with Crippen LogP contribution in [0.2, 0.25) is 5.02 Å². The molecule has 24 heavy (non-hydrogen) atoms. The van der Waals surface area contributed by atoms with E-state index in [1.165, 1.54) is 0 Å². The van der Waals surface area contributed by atoms with Crippen molar-refractivity contribution in [3.63, 3.8) is 0 Å². The maximum atomic E-state index is 6.05. The third kappa shape index (κ3) is 3.55. The van der Waals surface area contributed by atoms with Gasteiger partial charge in [0.1, 0.15) is 5.75 Å². The van der Waals surface area contributed by atoms with Gasteiger partial charge in [0.05, 0.1) is 12.8 Å². The Morgan fingerprint density at radius 2 is 2.12 bits per heavy atom. The molecule has 0 aliphatic rings. The van der Waals surface area contributed by atoms with Crippen LogP contribution in [-0.2, 0) is 0 Å². The molecule has 3 aromatic rings. The number of ether oxygens (including phenoxy) is 1. The van der Waals surface area contributed by atoms with Crippen molar-refractivity contribution in [3.8, 4) is 17.1 Å². The summed E-state index contributed by atoms with van der Waals surface area (Å²) in [6, 6.07) is 15.0. The number of halogens is 1. The van der Waals surface area contributed by atoms with Crippen LogP contribution in [0.25, 0.3) is 11.4 Å². The SMILES string of the molecule is CCOc1ccccc1C=Nn1c(-c2cccc(Cl)c2)n[nH]c1=S. The van der Waals surface area contributed by atoms with Crippen molar-refractivity contribution in [2.24, 2.45) is 5.10 Å². The maximum Gasteiger partial charge on any atom is 0.216 e. The molecule has 1 heterocycles. The molecule has 0 amide bonds. The summed E-state index contributed by atoms with van der Waals surface area (Å²) in [4.78, 5) is 0. The van der Waals surface area contributed by atoms with E-state index in [-0.39, 0.29) is 0 Å². The van der Waals surface area contributed by atoms with E-state index < -0.39 is 0 Å². The summed E-state index contributed by atoms with van der Waals surface area (Å²) >= 11 is 11.3. The molecule has 7 heteroatoms. The smallest absolute Gasteiger partial charge is 0.216 e. The van der Waals surface area contributed by atoms with Crippen molar-refractivity contribution in [2.75, 3.05) is 6.61 Å². The minimum absolute atomic E-state index is 0.398. The lowest BCUT2D eigenvalue weighted by Gasteiger charge is -2.06. The number of hydrogen-bond donors (Lipinski definition) is 1. The summed E-state index contributed by atoms with van der Waals surface area (Å²) in [5, 5.41) is 12.1. The number of aromatic amines is 1. The van der Waals surface area contributed by atoms with E-state index in [1.54, 1.807) is 17.0 Å². The Morgan fingerprint density at radius 1 is 1.29 bits per heavy atom. The fourth-order valence-corrected chi connectivity index (χ4v) is 2.58. The lowest BCUT2D eigenvalue weighted by molar-refractivity contribution is 0.340. The van der Waals surface area contributed by atoms with Crippen molar-refractivity contribution in [1.29, 1.82) is 0 Å². The predicted molar refractivity (Wildman–Crippen MR) is 98.5 cm³/mol. The monoisotopic (exact) mass is 358 g/mol. The summed E-state index contributed by atoms with van der Waals surface area (Å²) in [7, 11) is 0. The maximum absolute atomic E-state index is 6.05. The summed E-state index contributed by atoms with van der Waals surface area (Å²) < 4.78 is 7.56. The van der Waals surface area contributed by atoms with Gasteiger partial charge in [-0.15, -0.1) is 0 Å². The number of rotatable bonds is 5. The molecule has 0 atom stereocenters. The Bertz CT molecular complexity index is 932. The second kappa shape index (κ2) is 7.42. The average molecular weight is 359 g/mol. The van der Waals surface area contributed by atoms with Crippen LogP contribution in [0.5, 0.6) is 5.75 Å². The molecule has 5 nitrogen and oxygen atoms in total. The molecule has 0 saturated carbocycles. The molecule has 0 aliphatic heterocycles. The van der Waals surface area contributed by atoms with E-state index in [0.29, 0.717) is 22.2 Å². The minimum Gasteiger partial charge on any atom is -0.493 e. The van der Waals surface area contributed by atoms with Gasteiger partial charge in [-0.05, 0) is 43.4 Å². The van der Waals surface area contributed by atoms with Gasteiger partial charge in [0.25, 0.3) is 0 Å². The van der Waals surface area contributed by atoms with Crippen LogP contribution in [0, 0.1) is 4.77 Å². The van der Waals surface area contributed by atoms with Crippen LogP contribution in [0.3, 0.4) is 0 Å². The molecular formula is C17H15ClN4OS. The molecule has 0 unspecified atom stereocenters. The minimum atomic E-state index is 0.398. The fraction of sp³-hybridized carbons (Fsp3) is 0.118. The highest BCUT2D eigenvalue weighted by molar-refractivity contribution is 7.71. The van der Waals surface area contributed by atoms with Gasteiger partial charge in [-0.2, -0.15) is 14.9 Å². The Kier molecular flexibility index (Phi) is 5.08. The van der Waals surface area contributed by atoms with Crippen molar-refractivity contribution in [2.45, 2.75) is 6.92 Å². The van der Waals surface area contributed by atoms with Crippen LogP contribution >= 0.6 is 23.8 Å². The molecule has 0 saturated heterocycles. The standard InChI is InChI=1S/C17H15ClN4OS/c1-2-23-15-9-4-3-6-13(15)11-19-22-16(20-21-17(22)24)12-7-5-8-14(18)10-12/h3-11H,2H2,1H3,(H,21,24). The van der Waals surface area contributed by atoms with Crippen molar-refractivity contribution < 1.29 is 4.74 Å². The zero-order chi connectivity index (χ0) is 16.9. The summed E-state index contributed by atoms with van der Waals surface area (Å²) in [6.45, 7) is 2.53. The first-order valence-corrected chi connectivity index (χ1v) is 8.17. The first-order valence-electron chi connectivity index (χ1n) is 7.38. The van der Waals surface area contributed by atoms with Crippen molar-refractivity contribution in [1.82, 2.24) is 14.9 Å². The van der Waals surface area contributed by atoms with Gasteiger partial charge in [-0.3, -0.25) is 0 Å². The zero-order valence-corrected chi connectivity index (χ0v) is 14.5. The van der Waals surface area contributed by atoms with Crippen LogP contribution in [-0.4, -0.2) is 27.7 Å². The summed E-state index contributed by atoms with van der Waals surface area (Å²) in [6.07, 6.45) is 1.70. The Labute approximate surface area is 149 Å². The van der Waals surface area contributed by atoms with Gasteiger partial charge in [-0.25, -0.2) is 5.10 Å². The number of hydrogen-bond acceptors (Lipinski definition) is 4. The third-order valence-corrected chi connectivity index (χ3v) is 3.76. The van der Waals surface area contributed by atoms with E-state index in [1.807, 2.05) is 49.4 Å². The normalized spacial score (nSPS) is 11.1. The summed E-state index contributed by atoms with van der Waals surface area (Å²) in [5.41, 5.74) is 1.68. The van der Waals surface area contributed by atoms with Crippen LogP contribution in [0.15, 0.2) is 53.6 Å². The second-order valence-electron chi connectivity index (χ2n) is 4.89. The Balaban J connectivity index is 2.00. The molecule has 0 aliphatic carbocycles. The van der Waals surface area contributed by atoms with Crippen molar-refractivity contribution in [3.05, 3.63) is 63.9 Å².